The molecular weight excluding hydrogens is 322 g/mol. The van der Waals surface area contributed by atoms with Crippen LogP contribution in [0.1, 0.15) is 16.7 Å². The number of benzene rings is 2. The van der Waals surface area contributed by atoms with Crippen molar-refractivity contribution in [3.8, 4) is 0 Å². The number of carbonyl (C=O) groups is 1. The van der Waals surface area contributed by atoms with Gasteiger partial charge in [-0.1, -0.05) is 24.3 Å². The van der Waals surface area contributed by atoms with Crippen LogP contribution in [-0.2, 0) is 17.4 Å². The predicted molar refractivity (Wildman–Crippen MR) is 83.6 cm³/mol. The Bertz CT molecular complexity index is 703. The molecule has 2 nitrogen and oxygen atoms in total. The highest BCUT2D eigenvalue weighted by Crippen LogP contribution is 2.29. The molecule has 2 rings (SSSR count). The summed E-state index contributed by atoms with van der Waals surface area (Å²) in [5.74, 6) is -0.667. The van der Waals surface area contributed by atoms with Crippen LogP contribution in [0.3, 0.4) is 0 Å². The molecule has 0 aromatic heterocycles. The molecule has 0 saturated heterocycles. The Morgan fingerprint density at radius 3 is 2.21 bits per heavy atom. The predicted octanol–water partition coefficient (Wildman–Crippen LogP) is 4.22. The SMILES string of the molecule is O=C(/C=C/c1ccc(C(F)(F)F)cc1)NCCc1ccc(F)cc1. The Morgan fingerprint density at radius 1 is 1.00 bits per heavy atom. The minimum Gasteiger partial charge on any atom is -0.352 e. The highest BCUT2D eigenvalue weighted by atomic mass is 19.4. The molecule has 0 unspecified atom stereocenters. The van der Waals surface area contributed by atoms with Gasteiger partial charge in [-0.2, -0.15) is 13.2 Å². The summed E-state index contributed by atoms with van der Waals surface area (Å²) in [4.78, 5) is 11.6. The van der Waals surface area contributed by atoms with Crippen LogP contribution >= 0.6 is 0 Å². The molecule has 0 bridgehead atoms. The van der Waals surface area contributed by atoms with E-state index in [9.17, 15) is 22.4 Å². The average Bonchev–Trinajstić information content (AvgIpc) is 2.54. The largest absolute Gasteiger partial charge is 0.416 e. The molecule has 6 heteroatoms. The molecular formula is C18H15F4NO. The third-order valence-electron chi connectivity index (χ3n) is 3.29. The van der Waals surface area contributed by atoms with E-state index in [1.165, 1.54) is 36.4 Å². The van der Waals surface area contributed by atoms with Crippen LogP contribution in [0, 0.1) is 5.82 Å². The molecule has 1 amide bonds. The molecule has 24 heavy (non-hydrogen) atoms. The zero-order valence-electron chi connectivity index (χ0n) is 12.6. The van der Waals surface area contributed by atoms with Crippen LogP contribution in [0.2, 0.25) is 0 Å². The minimum atomic E-state index is -4.38. The third-order valence-corrected chi connectivity index (χ3v) is 3.29. The van der Waals surface area contributed by atoms with Crippen molar-refractivity contribution in [2.75, 3.05) is 6.54 Å². The number of hydrogen-bond donors (Lipinski definition) is 1. The number of amides is 1. The third kappa shape index (κ3) is 5.53. The van der Waals surface area contributed by atoms with E-state index in [0.717, 1.165) is 17.7 Å². The van der Waals surface area contributed by atoms with E-state index >= 15 is 0 Å². The summed E-state index contributed by atoms with van der Waals surface area (Å²) in [5, 5.41) is 2.65. The topological polar surface area (TPSA) is 29.1 Å². The number of nitrogens with one attached hydrogen (secondary N) is 1. The van der Waals surface area contributed by atoms with E-state index in [1.807, 2.05) is 0 Å². The first-order valence-electron chi connectivity index (χ1n) is 7.22. The quantitative estimate of drug-likeness (QED) is 0.642. The Labute approximate surface area is 136 Å². The maximum absolute atomic E-state index is 12.7. The molecule has 0 fully saturated rings. The van der Waals surface area contributed by atoms with Crippen molar-refractivity contribution < 1.29 is 22.4 Å². The van der Waals surface area contributed by atoms with Gasteiger partial charge in [0.2, 0.25) is 5.91 Å². The van der Waals surface area contributed by atoms with E-state index in [0.29, 0.717) is 18.5 Å². The second-order valence-electron chi connectivity index (χ2n) is 5.12. The van der Waals surface area contributed by atoms with Gasteiger partial charge < -0.3 is 5.32 Å². The van der Waals surface area contributed by atoms with Crippen LogP contribution in [0.25, 0.3) is 6.08 Å². The van der Waals surface area contributed by atoms with Crippen molar-refractivity contribution in [3.05, 3.63) is 77.1 Å². The van der Waals surface area contributed by atoms with Gasteiger partial charge in [0.1, 0.15) is 5.82 Å². The maximum atomic E-state index is 12.7. The van der Waals surface area contributed by atoms with Gasteiger partial charge in [0.25, 0.3) is 0 Å². The first-order chi connectivity index (χ1) is 11.3. The van der Waals surface area contributed by atoms with Crippen LogP contribution < -0.4 is 5.32 Å². The first kappa shape index (κ1) is 17.7. The van der Waals surface area contributed by atoms with Gasteiger partial charge in [0.15, 0.2) is 0 Å². The van der Waals surface area contributed by atoms with E-state index in [1.54, 1.807) is 12.1 Å². The fraction of sp³-hybridized carbons (Fsp3) is 0.167. The Balaban J connectivity index is 1.81. The van der Waals surface area contributed by atoms with Gasteiger partial charge in [0, 0.05) is 12.6 Å². The molecule has 0 aliphatic rings. The second-order valence-corrected chi connectivity index (χ2v) is 5.12. The summed E-state index contributed by atoms with van der Waals surface area (Å²) in [6.07, 6.45) is -1.12. The zero-order chi connectivity index (χ0) is 17.6. The number of hydrogen-bond acceptors (Lipinski definition) is 1. The highest BCUT2D eigenvalue weighted by molar-refractivity contribution is 5.91. The van der Waals surface area contributed by atoms with E-state index in [2.05, 4.69) is 5.32 Å². The number of carbonyl (C=O) groups excluding carboxylic acids is 1. The lowest BCUT2D eigenvalue weighted by Gasteiger charge is -2.06. The fourth-order valence-corrected chi connectivity index (χ4v) is 2.00. The Hall–Kier alpha value is -2.63. The van der Waals surface area contributed by atoms with Gasteiger partial charge in [-0.05, 0) is 47.9 Å². The molecule has 2 aromatic rings. The Kier molecular flexibility index (Phi) is 5.73. The molecule has 2 aromatic carbocycles. The van der Waals surface area contributed by atoms with E-state index in [4.69, 9.17) is 0 Å². The van der Waals surface area contributed by atoms with Crippen molar-refractivity contribution in [1.82, 2.24) is 5.32 Å². The number of halogens is 4. The lowest BCUT2D eigenvalue weighted by Crippen LogP contribution is -2.23. The summed E-state index contributed by atoms with van der Waals surface area (Å²) in [6.45, 7) is 0.377. The molecule has 0 aliphatic heterocycles. The fourth-order valence-electron chi connectivity index (χ4n) is 2.00. The summed E-state index contributed by atoms with van der Waals surface area (Å²) in [6, 6.07) is 10.5. The van der Waals surface area contributed by atoms with Gasteiger partial charge >= 0.3 is 6.18 Å². The van der Waals surface area contributed by atoms with Crippen molar-refractivity contribution >= 4 is 12.0 Å². The second kappa shape index (κ2) is 7.77. The first-order valence-corrected chi connectivity index (χ1v) is 7.22. The highest BCUT2D eigenvalue weighted by Gasteiger charge is 2.29. The van der Waals surface area contributed by atoms with Gasteiger partial charge in [-0.25, -0.2) is 4.39 Å². The zero-order valence-corrected chi connectivity index (χ0v) is 12.6. The molecule has 0 saturated carbocycles. The van der Waals surface area contributed by atoms with Crippen LogP contribution in [-0.4, -0.2) is 12.5 Å². The molecule has 0 heterocycles. The van der Waals surface area contributed by atoms with E-state index in [-0.39, 0.29) is 11.7 Å². The minimum absolute atomic E-state index is 0.317. The normalized spacial score (nSPS) is 11.7. The van der Waals surface area contributed by atoms with Gasteiger partial charge in [0.05, 0.1) is 5.56 Å². The lowest BCUT2D eigenvalue weighted by molar-refractivity contribution is -0.137. The molecule has 0 aliphatic carbocycles. The standard InChI is InChI=1S/C18H15F4NO/c19-16-8-3-14(4-9-16)11-12-23-17(24)10-5-13-1-6-15(7-2-13)18(20,21)22/h1-10H,11-12H2,(H,23,24)/b10-5+. The van der Waals surface area contributed by atoms with E-state index < -0.39 is 11.7 Å². The summed E-state index contributed by atoms with van der Waals surface area (Å²) in [5.41, 5.74) is 0.656. The van der Waals surface area contributed by atoms with Crippen molar-refractivity contribution in [3.63, 3.8) is 0 Å². The van der Waals surface area contributed by atoms with Crippen molar-refractivity contribution in [2.45, 2.75) is 12.6 Å². The van der Waals surface area contributed by atoms with Crippen LogP contribution in [0.4, 0.5) is 17.6 Å². The molecule has 0 atom stereocenters. The molecule has 1 N–H and O–H groups in total. The van der Waals surface area contributed by atoms with Crippen LogP contribution in [0.15, 0.2) is 54.6 Å². The average molecular weight is 337 g/mol. The van der Waals surface area contributed by atoms with Gasteiger partial charge in [-0.15, -0.1) is 0 Å². The summed E-state index contributed by atoms with van der Waals surface area (Å²) < 4.78 is 50.0. The lowest BCUT2D eigenvalue weighted by atomic mass is 10.1. The summed E-state index contributed by atoms with van der Waals surface area (Å²) >= 11 is 0. The maximum Gasteiger partial charge on any atom is 0.416 e. The number of alkyl halides is 3. The van der Waals surface area contributed by atoms with Crippen LogP contribution in [0.5, 0.6) is 0 Å². The number of rotatable bonds is 5. The monoisotopic (exact) mass is 337 g/mol. The molecule has 0 radical (unpaired) electrons. The van der Waals surface area contributed by atoms with Crippen molar-refractivity contribution in [2.24, 2.45) is 0 Å². The van der Waals surface area contributed by atoms with Gasteiger partial charge in [-0.3, -0.25) is 4.79 Å². The Morgan fingerprint density at radius 2 is 1.62 bits per heavy atom. The van der Waals surface area contributed by atoms with Crippen molar-refractivity contribution in [1.29, 1.82) is 0 Å². The molecule has 126 valence electrons. The summed E-state index contributed by atoms with van der Waals surface area (Å²) in [7, 11) is 0. The molecule has 0 spiro atoms. The smallest absolute Gasteiger partial charge is 0.352 e.